The van der Waals surface area contributed by atoms with Crippen LogP contribution >= 0.6 is 7.82 Å². The second-order valence-electron chi connectivity index (χ2n) is 15.0. The van der Waals surface area contributed by atoms with Crippen molar-refractivity contribution in [3.63, 3.8) is 0 Å². The van der Waals surface area contributed by atoms with E-state index < -0.39 is 45.8 Å². The third-order valence-corrected chi connectivity index (χ3v) is 10.3. The smallest absolute Gasteiger partial charge is 0.457 e. The van der Waals surface area contributed by atoms with Crippen molar-refractivity contribution in [3.8, 4) is 0 Å². The lowest BCUT2D eigenvalue weighted by Gasteiger charge is -2.20. The maximum absolute atomic E-state index is 12.6. The van der Waals surface area contributed by atoms with Crippen LogP contribution in [0.2, 0.25) is 0 Å². The van der Waals surface area contributed by atoms with E-state index in [0.29, 0.717) is 13.0 Å². The largest absolute Gasteiger partial charge is 0.472 e. The van der Waals surface area contributed by atoms with E-state index >= 15 is 0 Å². The Morgan fingerprint density at radius 1 is 0.542 bits per heavy atom. The Hall–Kier alpha value is -2.36. The van der Waals surface area contributed by atoms with E-state index in [1.165, 1.54) is 64.2 Å². The number of allylic oxidation sites excluding steroid dienone is 14. The molecule has 0 aliphatic rings. The monoisotopic (exact) mass is 849 g/mol. The van der Waals surface area contributed by atoms with Crippen molar-refractivity contribution < 1.29 is 43.0 Å². The number of aliphatic hydroxyl groups excluding tert-OH is 2. The van der Waals surface area contributed by atoms with Gasteiger partial charge in [0.1, 0.15) is 12.2 Å². The van der Waals surface area contributed by atoms with Crippen molar-refractivity contribution in [2.75, 3.05) is 33.0 Å². The second-order valence-corrected chi connectivity index (χ2v) is 16.5. The third-order valence-electron chi connectivity index (χ3n) is 9.31. The molecule has 340 valence electrons. The number of esters is 1. The van der Waals surface area contributed by atoms with Crippen molar-refractivity contribution in [3.05, 3.63) is 85.1 Å². The number of phosphoric ester groups is 1. The van der Waals surface area contributed by atoms with E-state index in [1.807, 2.05) is 0 Å². The summed E-state index contributed by atoms with van der Waals surface area (Å²) in [6.45, 7) is 3.32. The lowest BCUT2D eigenvalue weighted by Crippen LogP contribution is -2.29. The molecule has 3 N–H and O–H groups in total. The number of hydrogen-bond donors (Lipinski definition) is 3. The van der Waals surface area contributed by atoms with Crippen LogP contribution in [0.15, 0.2) is 85.1 Å². The fraction of sp³-hybridized carbons (Fsp3) is 0.694. The summed E-state index contributed by atoms with van der Waals surface area (Å²) in [5.41, 5.74) is 0. The second kappa shape index (κ2) is 45.2. The van der Waals surface area contributed by atoms with E-state index in [-0.39, 0.29) is 13.0 Å². The fourth-order valence-electron chi connectivity index (χ4n) is 5.82. The van der Waals surface area contributed by atoms with Gasteiger partial charge in [-0.1, -0.05) is 163 Å². The molecule has 3 atom stereocenters. The topological polar surface area (TPSA) is 132 Å². The number of carbonyl (C=O) groups is 1. The molecule has 10 heteroatoms. The van der Waals surface area contributed by atoms with Gasteiger partial charge in [0.15, 0.2) is 0 Å². The van der Waals surface area contributed by atoms with E-state index in [4.69, 9.17) is 23.6 Å². The van der Waals surface area contributed by atoms with Crippen molar-refractivity contribution in [1.29, 1.82) is 0 Å². The number of unbranched alkanes of at least 4 members (excludes halogenated alkanes) is 15. The molecular formula is C49H85O9P. The standard InChI is InChI=1S/C49H85O9P/c1-3-5-7-9-11-13-15-17-19-21-23-25-27-29-31-33-35-37-39-41-49(52)58-48(46-57-59(53,54)56-44-47(51)43-50)45-55-42-40-38-36-34-32-30-28-26-24-22-20-18-16-14-12-10-8-6-4-2/h5,7,11,13-14,16-17,19-20,22-23,25,29,31,47-48,50-51H,3-4,6,8-10,12,15,18,21,24,26-28,30,32-46H2,1-2H3,(H,53,54)/b7-5-,13-11-,16-14-,19-17-,22-20-,25-23-,31-29-. The zero-order chi connectivity index (χ0) is 43.2. The van der Waals surface area contributed by atoms with Crippen LogP contribution in [0.1, 0.15) is 174 Å². The molecule has 0 bridgehead atoms. The lowest BCUT2D eigenvalue weighted by molar-refractivity contribution is -0.154. The fourth-order valence-corrected chi connectivity index (χ4v) is 6.61. The van der Waals surface area contributed by atoms with Crippen LogP contribution in [0.25, 0.3) is 0 Å². The van der Waals surface area contributed by atoms with Gasteiger partial charge in [-0.05, 0) is 89.9 Å². The molecular weight excluding hydrogens is 764 g/mol. The highest BCUT2D eigenvalue weighted by Crippen LogP contribution is 2.43. The van der Waals surface area contributed by atoms with Gasteiger partial charge < -0.3 is 24.6 Å². The quantitative estimate of drug-likeness (QED) is 0.0237. The predicted octanol–water partition coefficient (Wildman–Crippen LogP) is 13.1. The molecule has 0 saturated carbocycles. The molecule has 59 heavy (non-hydrogen) atoms. The summed E-state index contributed by atoms with van der Waals surface area (Å²) >= 11 is 0. The van der Waals surface area contributed by atoms with Gasteiger partial charge in [0, 0.05) is 13.0 Å². The Kier molecular flexibility index (Phi) is 43.4. The predicted molar refractivity (Wildman–Crippen MR) is 246 cm³/mol. The average Bonchev–Trinajstić information content (AvgIpc) is 3.23. The first-order chi connectivity index (χ1) is 28.8. The molecule has 0 radical (unpaired) electrons. The van der Waals surface area contributed by atoms with Gasteiger partial charge in [0.2, 0.25) is 0 Å². The van der Waals surface area contributed by atoms with Crippen LogP contribution in [0, 0.1) is 0 Å². The Morgan fingerprint density at radius 3 is 1.46 bits per heavy atom. The minimum absolute atomic E-state index is 0.0266. The molecule has 0 aromatic heterocycles. The van der Waals surface area contributed by atoms with Crippen LogP contribution in [0.5, 0.6) is 0 Å². The summed E-state index contributed by atoms with van der Waals surface area (Å²) < 4.78 is 33.4. The highest BCUT2D eigenvalue weighted by atomic mass is 31.2. The SMILES string of the molecule is CC/C=C\C/C=C\C/C=C\C/C=C\C/C=C\CCCCCC(=O)OC(COCCCCCCCCCC/C=C\C/C=C\CCCCCC)COP(=O)(O)OCC(O)CO. The number of carbonyl (C=O) groups excluding carboxylic acids is 1. The van der Waals surface area contributed by atoms with E-state index in [2.05, 4.69) is 98.9 Å². The molecule has 0 rings (SSSR count). The first kappa shape index (κ1) is 56.6. The molecule has 0 aliphatic heterocycles. The van der Waals surface area contributed by atoms with Crippen LogP contribution in [0.3, 0.4) is 0 Å². The van der Waals surface area contributed by atoms with Gasteiger partial charge in [-0.25, -0.2) is 4.57 Å². The van der Waals surface area contributed by atoms with Crippen LogP contribution in [0.4, 0.5) is 0 Å². The number of hydrogen-bond acceptors (Lipinski definition) is 8. The molecule has 0 aromatic rings. The molecule has 0 saturated heterocycles. The van der Waals surface area contributed by atoms with Crippen molar-refractivity contribution in [1.82, 2.24) is 0 Å². The molecule has 0 spiro atoms. The van der Waals surface area contributed by atoms with E-state index in [9.17, 15) is 19.4 Å². The molecule has 3 unspecified atom stereocenters. The van der Waals surface area contributed by atoms with Crippen molar-refractivity contribution in [2.45, 2.75) is 187 Å². The molecule has 0 aliphatic carbocycles. The normalized spacial score (nSPS) is 14.7. The number of phosphoric acid groups is 1. The molecule has 0 aromatic carbocycles. The lowest BCUT2D eigenvalue weighted by atomic mass is 10.1. The van der Waals surface area contributed by atoms with Crippen molar-refractivity contribution >= 4 is 13.8 Å². The van der Waals surface area contributed by atoms with Crippen LogP contribution < -0.4 is 0 Å². The zero-order valence-corrected chi connectivity index (χ0v) is 38.1. The van der Waals surface area contributed by atoms with Crippen molar-refractivity contribution in [2.24, 2.45) is 0 Å². The summed E-state index contributed by atoms with van der Waals surface area (Å²) in [6.07, 6.45) is 55.4. The Labute approximate surface area is 360 Å². The molecule has 0 heterocycles. The minimum atomic E-state index is -4.54. The van der Waals surface area contributed by atoms with Gasteiger partial charge in [-0.2, -0.15) is 0 Å². The molecule has 9 nitrogen and oxygen atoms in total. The van der Waals surface area contributed by atoms with Gasteiger partial charge in [-0.3, -0.25) is 13.8 Å². The first-order valence-corrected chi connectivity index (χ1v) is 24.6. The maximum atomic E-state index is 12.6. The summed E-state index contributed by atoms with van der Waals surface area (Å²) in [5, 5.41) is 18.4. The minimum Gasteiger partial charge on any atom is -0.457 e. The van der Waals surface area contributed by atoms with Crippen LogP contribution in [-0.2, 0) is 27.9 Å². The average molecular weight is 849 g/mol. The first-order valence-electron chi connectivity index (χ1n) is 23.1. The van der Waals surface area contributed by atoms with Gasteiger partial charge >= 0.3 is 13.8 Å². The van der Waals surface area contributed by atoms with Gasteiger partial charge in [0.25, 0.3) is 0 Å². The molecule has 0 amide bonds. The summed E-state index contributed by atoms with van der Waals surface area (Å²) in [5.74, 6) is -0.418. The Balaban J connectivity index is 4.24. The summed E-state index contributed by atoms with van der Waals surface area (Å²) in [6, 6.07) is 0. The zero-order valence-electron chi connectivity index (χ0n) is 37.2. The van der Waals surface area contributed by atoms with Gasteiger partial charge in [0.05, 0.1) is 26.4 Å². The summed E-state index contributed by atoms with van der Waals surface area (Å²) in [4.78, 5) is 22.6. The highest BCUT2D eigenvalue weighted by molar-refractivity contribution is 7.47. The number of aliphatic hydroxyl groups is 2. The maximum Gasteiger partial charge on any atom is 0.472 e. The molecule has 0 fully saturated rings. The van der Waals surface area contributed by atoms with Gasteiger partial charge in [-0.15, -0.1) is 0 Å². The van der Waals surface area contributed by atoms with Crippen LogP contribution in [-0.4, -0.2) is 66.3 Å². The Morgan fingerprint density at radius 2 is 0.966 bits per heavy atom. The number of ether oxygens (including phenoxy) is 2. The summed E-state index contributed by atoms with van der Waals surface area (Å²) in [7, 11) is -4.54. The highest BCUT2D eigenvalue weighted by Gasteiger charge is 2.26. The Bertz CT molecular complexity index is 1190. The third kappa shape index (κ3) is 45.0. The number of rotatable bonds is 43. The van der Waals surface area contributed by atoms with E-state index in [1.54, 1.807) is 0 Å². The van der Waals surface area contributed by atoms with E-state index in [0.717, 1.165) is 83.5 Å².